The highest BCUT2D eigenvalue weighted by atomic mass is 16.4. The van der Waals surface area contributed by atoms with Crippen molar-refractivity contribution in [3.05, 3.63) is 54.2 Å². The molecule has 4 atom stereocenters. The third-order valence-electron chi connectivity index (χ3n) is 7.21. The minimum absolute atomic E-state index is 0.0534. The summed E-state index contributed by atoms with van der Waals surface area (Å²) in [6, 6.07) is 3.79. The zero-order chi connectivity index (χ0) is 28.8. The Morgan fingerprint density at radius 2 is 1.85 bits per heavy atom. The maximum absolute atomic E-state index is 13.7. The second-order valence-corrected chi connectivity index (χ2v) is 10.7. The van der Waals surface area contributed by atoms with E-state index in [-0.39, 0.29) is 18.8 Å². The first-order chi connectivity index (χ1) is 19.1. The molecule has 0 radical (unpaired) electrons. The Hall–Kier alpha value is -4.19. The van der Waals surface area contributed by atoms with Crippen molar-refractivity contribution in [1.82, 2.24) is 30.5 Å². The zero-order valence-electron chi connectivity index (χ0n) is 22.7. The number of fused-ring (bicyclic) bond motifs is 1. The van der Waals surface area contributed by atoms with Gasteiger partial charge in [0, 0.05) is 48.4 Å². The molecule has 12 nitrogen and oxygen atoms in total. The Bertz CT molecular complexity index is 1340. The van der Waals surface area contributed by atoms with Crippen molar-refractivity contribution in [2.24, 2.45) is 11.7 Å². The number of nitrogens with two attached hydrogens (primary N) is 1. The second-order valence-electron chi connectivity index (χ2n) is 10.7. The molecule has 0 bridgehead atoms. The maximum atomic E-state index is 13.7. The fourth-order valence-corrected chi connectivity index (χ4v) is 5.19. The van der Waals surface area contributed by atoms with Crippen molar-refractivity contribution in [2.45, 2.75) is 70.1 Å². The van der Waals surface area contributed by atoms with Gasteiger partial charge in [-0.3, -0.25) is 14.4 Å². The number of carboxylic acid groups (broad SMARTS) is 1. The molecule has 1 aromatic carbocycles. The predicted molar refractivity (Wildman–Crippen MR) is 148 cm³/mol. The summed E-state index contributed by atoms with van der Waals surface area (Å²) in [4.78, 5) is 63.4. The molecule has 1 saturated heterocycles. The summed E-state index contributed by atoms with van der Waals surface area (Å²) in [5.41, 5.74) is 8.48. The lowest BCUT2D eigenvalue weighted by molar-refractivity contribution is -0.149. The van der Waals surface area contributed by atoms with Crippen LogP contribution in [-0.4, -0.2) is 79.4 Å². The lowest BCUT2D eigenvalue weighted by atomic mass is 10.00. The van der Waals surface area contributed by atoms with Crippen molar-refractivity contribution >= 4 is 34.6 Å². The van der Waals surface area contributed by atoms with Gasteiger partial charge in [0.25, 0.3) is 0 Å². The summed E-state index contributed by atoms with van der Waals surface area (Å²) in [6.07, 6.45) is 6.48. The van der Waals surface area contributed by atoms with Crippen LogP contribution in [-0.2, 0) is 32.0 Å². The molecule has 40 heavy (non-hydrogen) atoms. The lowest BCUT2D eigenvalue weighted by Gasteiger charge is -2.29. The van der Waals surface area contributed by atoms with Crippen molar-refractivity contribution in [1.29, 1.82) is 0 Å². The number of hydrogen-bond donors (Lipinski definition) is 6. The van der Waals surface area contributed by atoms with Crippen LogP contribution in [0.25, 0.3) is 10.9 Å². The first-order valence-corrected chi connectivity index (χ1v) is 13.6. The van der Waals surface area contributed by atoms with Gasteiger partial charge in [0.2, 0.25) is 17.7 Å². The van der Waals surface area contributed by atoms with Gasteiger partial charge >= 0.3 is 5.97 Å². The average Bonchev–Trinajstić information content (AvgIpc) is 3.68. The number of aromatic nitrogens is 3. The van der Waals surface area contributed by atoms with Gasteiger partial charge in [-0.2, -0.15) is 0 Å². The van der Waals surface area contributed by atoms with Crippen LogP contribution in [0.3, 0.4) is 0 Å². The molecule has 7 N–H and O–H groups in total. The van der Waals surface area contributed by atoms with Gasteiger partial charge in [-0.1, -0.05) is 32.0 Å². The van der Waals surface area contributed by atoms with Crippen LogP contribution >= 0.6 is 0 Å². The summed E-state index contributed by atoms with van der Waals surface area (Å²) in [5, 5.41) is 16.2. The molecule has 3 amide bonds. The van der Waals surface area contributed by atoms with Crippen LogP contribution in [0.5, 0.6) is 0 Å². The van der Waals surface area contributed by atoms with E-state index >= 15 is 0 Å². The number of nitrogens with one attached hydrogen (secondary N) is 4. The molecule has 4 rings (SSSR count). The summed E-state index contributed by atoms with van der Waals surface area (Å²) in [5.74, 6) is -2.51. The van der Waals surface area contributed by atoms with E-state index in [0.29, 0.717) is 31.5 Å². The molecule has 3 heterocycles. The van der Waals surface area contributed by atoms with E-state index in [2.05, 4.69) is 25.6 Å². The topological polar surface area (TPSA) is 186 Å². The number of H-pyrrole nitrogens is 2. The molecule has 0 aliphatic carbocycles. The van der Waals surface area contributed by atoms with E-state index in [0.717, 1.165) is 16.5 Å². The summed E-state index contributed by atoms with van der Waals surface area (Å²) in [6.45, 7) is 4.14. The number of imidazole rings is 1. The fraction of sp³-hybridized carbons (Fsp3) is 0.464. The van der Waals surface area contributed by atoms with E-state index in [9.17, 15) is 24.3 Å². The Morgan fingerprint density at radius 1 is 1.10 bits per heavy atom. The quantitative estimate of drug-likeness (QED) is 0.194. The average molecular weight is 552 g/mol. The normalized spacial score (nSPS) is 17.5. The molecular weight excluding hydrogens is 514 g/mol. The highest BCUT2D eigenvalue weighted by molar-refractivity contribution is 5.95. The summed E-state index contributed by atoms with van der Waals surface area (Å²) < 4.78 is 0. The monoisotopic (exact) mass is 551 g/mol. The lowest BCUT2D eigenvalue weighted by Crippen LogP contribution is -2.58. The number of carbonyl (C=O) groups is 4. The van der Waals surface area contributed by atoms with Gasteiger partial charge in [0.05, 0.1) is 12.4 Å². The third kappa shape index (κ3) is 6.87. The molecule has 1 aliphatic rings. The number of amides is 3. The second kappa shape index (κ2) is 12.8. The van der Waals surface area contributed by atoms with Crippen LogP contribution < -0.4 is 16.4 Å². The van der Waals surface area contributed by atoms with Gasteiger partial charge < -0.3 is 36.3 Å². The van der Waals surface area contributed by atoms with Crippen LogP contribution in [0, 0.1) is 5.92 Å². The van der Waals surface area contributed by atoms with E-state index in [1.54, 1.807) is 12.4 Å². The maximum Gasteiger partial charge on any atom is 0.326 e. The molecule has 0 spiro atoms. The van der Waals surface area contributed by atoms with Crippen LogP contribution in [0.2, 0.25) is 0 Å². The zero-order valence-corrected chi connectivity index (χ0v) is 22.7. The van der Waals surface area contributed by atoms with E-state index in [4.69, 9.17) is 5.73 Å². The molecule has 0 saturated carbocycles. The summed E-state index contributed by atoms with van der Waals surface area (Å²) in [7, 11) is 0. The molecule has 2 aromatic heterocycles. The minimum Gasteiger partial charge on any atom is -0.480 e. The Balaban J connectivity index is 1.55. The van der Waals surface area contributed by atoms with Crippen molar-refractivity contribution in [3.8, 4) is 0 Å². The van der Waals surface area contributed by atoms with Gasteiger partial charge in [0.1, 0.15) is 18.1 Å². The number of para-hydroxylation sites is 1. The molecule has 1 aliphatic heterocycles. The minimum atomic E-state index is -1.07. The van der Waals surface area contributed by atoms with E-state index in [1.807, 2.05) is 38.1 Å². The van der Waals surface area contributed by atoms with Gasteiger partial charge in [0.15, 0.2) is 0 Å². The highest BCUT2D eigenvalue weighted by Gasteiger charge is 2.38. The molecule has 1 fully saturated rings. The highest BCUT2D eigenvalue weighted by Crippen LogP contribution is 2.23. The van der Waals surface area contributed by atoms with Gasteiger partial charge in [-0.25, -0.2) is 9.78 Å². The Kier molecular flexibility index (Phi) is 9.20. The standard InChI is InChI=1S/C28H37N7O5/c1-16(2)10-22(33-25(36)20(29)12-18-14-30-15-32-18)26(37)34-23(27(38)35-9-5-8-24(35)28(39)40)11-17-13-31-21-7-4-3-6-19(17)21/h3-4,6-7,13-16,20,22-24,31H,5,8-12,29H2,1-2H3,(H,30,32)(H,33,36)(H,34,37)(H,39,40). The number of nitrogens with zero attached hydrogens (tertiary/aromatic N) is 2. The van der Waals surface area contributed by atoms with Gasteiger partial charge in [-0.15, -0.1) is 0 Å². The van der Waals surface area contributed by atoms with E-state index < -0.39 is 47.9 Å². The van der Waals surface area contributed by atoms with Crippen LogP contribution in [0.15, 0.2) is 43.0 Å². The fourth-order valence-electron chi connectivity index (χ4n) is 5.19. The predicted octanol–water partition coefficient (Wildman–Crippen LogP) is 1.09. The number of carbonyl (C=O) groups excluding carboxylic acids is 3. The van der Waals surface area contributed by atoms with Crippen molar-refractivity contribution in [2.75, 3.05) is 6.54 Å². The van der Waals surface area contributed by atoms with Crippen LogP contribution in [0.4, 0.5) is 0 Å². The molecular formula is C28H37N7O5. The molecule has 4 unspecified atom stereocenters. The number of aromatic amines is 2. The number of benzene rings is 1. The molecule has 12 heteroatoms. The smallest absolute Gasteiger partial charge is 0.326 e. The SMILES string of the molecule is CC(C)CC(NC(=O)C(N)Cc1cnc[nH]1)C(=O)NC(Cc1c[nH]c2ccccc12)C(=O)N1CCCC1C(=O)O. The first kappa shape index (κ1) is 28.8. The first-order valence-electron chi connectivity index (χ1n) is 13.6. The summed E-state index contributed by atoms with van der Waals surface area (Å²) >= 11 is 0. The van der Waals surface area contributed by atoms with Crippen LogP contribution in [0.1, 0.15) is 44.4 Å². The number of rotatable bonds is 12. The van der Waals surface area contributed by atoms with Crippen molar-refractivity contribution in [3.63, 3.8) is 0 Å². The third-order valence-corrected chi connectivity index (χ3v) is 7.21. The number of likely N-dealkylation sites (tertiary alicyclic amines) is 1. The Labute approximate surface area is 232 Å². The van der Waals surface area contributed by atoms with Crippen molar-refractivity contribution < 1.29 is 24.3 Å². The van der Waals surface area contributed by atoms with E-state index in [1.165, 1.54) is 11.2 Å². The molecule has 214 valence electrons. The van der Waals surface area contributed by atoms with Gasteiger partial charge in [-0.05, 0) is 36.8 Å². The molecule has 3 aromatic rings. The number of hydrogen-bond acceptors (Lipinski definition) is 6. The number of aliphatic carboxylic acids is 1. The number of carboxylic acids is 1. The largest absolute Gasteiger partial charge is 0.480 e. The Morgan fingerprint density at radius 3 is 2.55 bits per heavy atom.